The van der Waals surface area contributed by atoms with Crippen molar-refractivity contribution in [3.63, 3.8) is 0 Å². The van der Waals surface area contributed by atoms with Crippen molar-refractivity contribution in [2.24, 2.45) is 4.99 Å². The molecule has 0 aromatic heterocycles. The van der Waals surface area contributed by atoms with Gasteiger partial charge in [-0.1, -0.05) is 0 Å². The first-order valence-electron chi connectivity index (χ1n) is 7.86. The summed E-state index contributed by atoms with van der Waals surface area (Å²) < 4.78 is 47.6. The second-order valence-corrected chi connectivity index (χ2v) is 5.13. The van der Waals surface area contributed by atoms with E-state index in [1.54, 1.807) is 7.11 Å². The lowest BCUT2D eigenvalue weighted by Crippen LogP contribution is -2.39. The highest BCUT2D eigenvalue weighted by Crippen LogP contribution is 2.30. The number of hydrogen-bond acceptors (Lipinski definition) is 4. The third-order valence-electron chi connectivity index (χ3n) is 3.03. The first-order valence-corrected chi connectivity index (χ1v) is 7.86. The van der Waals surface area contributed by atoms with Crippen molar-refractivity contribution < 1.29 is 27.8 Å². The molecule has 0 saturated heterocycles. The minimum atomic E-state index is -4.38. The number of guanidine groups is 1. The Morgan fingerprint density at radius 2 is 1.92 bits per heavy atom. The predicted octanol–water partition coefficient (Wildman–Crippen LogP) is 1.65. The average Bonchev–Trinajstić information content (AvgIpc) is 2.57. The van der Waals surface area contributed by atoms with Gasteiger partial charge in [0.25, 0.3) is 0 Å². The zero-order valence-corrected chi connectivity index (χ0v) is 14.3. The van der Waals surface area contributed by atoms with Gasteiger partial charge in [-0.25, -0.2) is 0 Å². The molecule has 9 heteroatoms. The molecular weight excluding hydrogens is 339 g/mol. The van der Waals surface area contributed by atoms with Gasteiger partial charge in [0.15, 0.2) is 5.96 Å². The van der Waals surface area contributed by atoms with Crippen LogP contribution in [0.3, 0.4) is 0 Å². The van der Waals surface area contributed by atoms with Crippen molar-refractivity contribution in [3.8, 4) is 5.75 Å². The number of nitrogens with one attached hydrogen (secondary N) is 2. The lowest BCUT2D eigenvalue weighted by atomic mass is 10.2. The van der Waals surface area contributed by atoms with Crippen molar-refractivity contribution in [1.82, 2.24) is 10.6 Å². The van der Waals surface area contributed by atoms with Gasteiger partial charge in [0.2, 0.25) is 0 Å². The van der Waals surface area contributed by atoms with Gasteiger partial charge in [-0.15, -0.1) is 0 Å². The van der Waals surface area contributed by atoms with E-state index >= 15 is 0 Å². The van der Waals surface area contributed by atoms with Crippen molar-refractivity contribution >= 4 is 5.96 Å². The van der Waals surface area contributed by atoms with E-state index in [9.17, 15) is 18.3 Å². The third-order valence-corrected chi connectivity index (χ3v) is 3.03. The van der Waals surface area contributed by atoms with Crippen LogP contribution in [-0.4, -0.2) is 57.1 Å². The molecule has 1 aromatic rings. The number of halogens is 3. The summed E-state index contributed by atoms with van der Waals surface area (Å²) in [6, 6.07) is 4.30. The van der Waals surface area contributed by atoms with Crippen LogP contribution in [0.1, 0.15) is 12.5 Å². The maximum Gasteiger partial charge on any atom is 0.416 e. The highest BCUT2D eigenvalue weighted by atomic mass is 19.4. The van der Waals surface area contributed by atoms with Crippen LogP contribution in [0.5, 0.6) is 5.75 Å². The number of alkyl halides is 3. The molecule has 1 rings (SSSR count). The fourth-order valence-electron chi connectivity index (χ4n) is 1.80. The van der Waals surface area contributed by atoms with Crippen molar-refractivity contribution in [2.45, 2.75) is 19.2 Å². The topological polar surface area (TPSA) is 75.1 Å². The number of methoxy groups -OCH3 is 1. The molecule has 6 nitrogen and oxygen atoms in total. The second-order valence-electron chi connectivity index (χ2n) is 5.13. The number of benzene rings is 1. The van der Waals surface area contributed by atoms with Gasteiger partial charge < -0.3 is 25.2 Å². The Morgan fingerprint density at radius 3 is 2.48 bits per heavy atom. The Morgan fingerprint density at radius 1 is 1.24 bits per heavy atom. The molecular formula is C16H24F3N3O3. The molecule has 1 aromatic carbocycles. The molecule has 0 aliphatic carbocycles. The highest BCUT2D eigenvalue weighted by molar-refractivity contribution is 5.79. The average molecular weight is 363 g/mol. The maximum atomic E-state index is 12.5. The molecule has 0 radical (unpaired) electrons. The number of aliphatic hydroxyl groups excluding tert-OH is 1. The van der Waals surface area contributed by atoms with Crippen LogP contribution in [0.15, 0.2) is 29.3 Å². The third kappa shape index (κ3) is 8.59. The van der Waals surface area contributed by atoms with E-state index < -0.39 is 17.8 Å². The minimum absolute atomic E-state index is 0.0770. The van der Waals surface area contributed by atoms with Gasteiger partial charge in [-0.05, 0) is 31.2 Å². The maximum absolute atomic E-state index is 12.5. The van der Waals surface area contributed by atoms with E-state index in [0.717, 1.165) is 12.1 Å². The van der Waals surface area contributed by atoms with Gasteiger partial charge in [0.1, 0.15) is 18.5 Å². The Labute approximate surface area is 145 Å². The molecule has 0 spiro atoms. The molecule has 3 N–H and O–H groups in total. The second kappa shape index (κ2) is 10.8. The monoisotopic (exact) mass is 363 g/mol. The lowest BCUT2D eigenvalue weighted by molar-refractivity contribution is -0.137. The molecule has 1 atom stereocenters. The Kier molecular flexibility index (Phi) is 9.07. The van der Waals surface area contributed by atoms with Crippen LogP contribution in [0, 0.1) is 0 Å². The van der Waals surface area contributed by atoms with Crippen LogP contribution < -0.4 is 15.4 Å². The number of aliphatic hydroxyl groups is 1. The summed E-state index contributed by atoms with van der Waals surface area (Å²) >= 11 is 0. The summed E-state index contributed by atoms with van der Waals surface area (Å²) in [7, 11) is 1.59. The number of aliphatic imine (C=N–C) groups is 1. The molecule has 0 fully saturated rings. The van der Waals surface area contributed by atoms with Gasteiger partial charge in [-0.2, -0.15) is 13.2 Å². The number of ether oxygens (including phenoxy) is 2. The van der Waals surface area contributed by atoms with Crippen LogP contribution in [-0.2, 0) is 10.9 Å². The number of hydrogen-bond donors (Lipinski definition) is 3. The molecule has 0 aliphatic heterocycles. The molecule has 0 bridgehead atoms. The first-order chi connectivity index (χ1) is 11.9. The molecule has 1 unspecified atom stereocenters. The van der Waals surface area contributed by atoms with Crippen LogP contribution in [0.4, 0.5) is 13.2 Å². The largest absolute Gasteiger partial charge is 0.491 e. The van der Waals surface area contributed by atoms with E-state index in [0.29, 0.717) is 25.7 Å². The summed E-state index contributed by atoms with van der Waals surface area (Å²) in [5.41, 5.74) is -0.748. The first kappa shape index (κ1) is 21.0. The molecule has 0 aliphatic rings. The lowest BCUT2D eigenvalue weighted by Gasteiger charge is -2.14. The predicted molar refractivity (Wildman–Crippen MR) is 88.8 cm³/mol. The number of nitrogens with zero attached hydrogens (tertiary/aromatic N) is 1. The molecule has 0 amide bonds. The zero-order chi connectivity index (χ0) is 18.7. The molecule has 0 saturated carbocycles. The molecule has 25 heavy (non-hydrogen) atoms. The number of rotatable bonds is 9. The SMILES string of the molecule is CCNC(=NCC(O)COc1ccc(C(F)(F)F)cc1)NCCOC. The normalized spacial score (nSPS) is 13.4. The Bertz CT molecular complexity index is 522. The van der Waals surface area contributed by atoms with E-state index in [2.05, 4.69) is 15.6 Å². The van der Waals surface area contributed by atoms with Crippen molar-refractivity contribution in [3.05, 3.63) is 29.8 Å². The van der Waals surface area contributed by atoms with Crippen LogP contribution in [0.2, 0.25) is 0 Å². The summed E-state index contributed by atoms with van der Waals surface area (Å²) in [4.78, 5) is 4.20. The standard InChI is InChI=1S/C16H24F3N3O3/c1-3-20-15(21-8-9-24-2)22-10-13(23)11-25-14-6-4-12(5-7-14)16(17,18)19/h4-7,13,23H,3,8-11H2,1-2H3,(H2,20,21,22). The minimum Gasteiger partial charge on any atom is -0.491 e. The zero-order valence-electron chi connectivity index (χ0n) is 14.3. The van der Waals surface area contributed by atoms with Crippen molar-refractivity contribution in [1.29, 1.82) is 0 Å². The van der Waals surface area contributed by atoms with E-state index in [1.807, 2.05) is 6.92 Å². The fourth-order valence-corrected chi connectivity index (χ4v) is 1.80. The Balaban J connectivity index is 2.44. The highest BCUT2D eigenvalue weighted by Gasteiger charge is 2.30. The van der Waals surface area contributed by atoms with Gasteiger partial charge in [-0.3, -0.25) is 4.99 Å². The fraction of sp³-hybridized carbons (Fsp3) is 0.562. The van der Waals surface area contributed by atoms with Gasteiger partial charge in [0, 0.05) is 20.2 Å². The van der Waals surface area contributed by atoms with E-state index in [-0.39, 0.29) is 18.9 Å². The van der Waals surface area contributed by atoms with Gasteiger partial charge in [0.05, 0.1) is 18.7 Å². The molecule has 0 heterocycles. The summed E-state index contributed by atoms with van der Waals surface area (Å²) in [6.07, 6.45) is -5.27. The van der Waals surface area contributed by atoms with Crippen LogP contribution >= 0.6 is 0 Å². The van der Waals surface area contributed by atoms with Gasteiger partial charge >= 0.3 is 6.18 Å². The van der Waals surface area contributed by atoms with E-state index in [1.165, 1.54) is 12.1 Å². The summed E-state index contributed by atoms with van der Waals surface area (Å²) in [5, 5.41) is 15.9. The smallest absolute Gasteiger partial charge is 0.416 e. The van der Waals surface area contributed by atoms with E-state index in [4.69, 9.17) is 9.47 Å². The Hall–Kier alpha value is -2.00. The van der Waals surface area contributed by atoms with Crippen LogP contribution in [0.25, 0.3) is 0 Å². The summed E-state index contributed by atoms with van der Waals surface area (Å²) in [6.45, 7) is 3.68. The van der Waals surface area contributed by atoms with Crippen molar-refractivity contribution in [2.75, 3.05) is 40.0 Å². The molecule has 142 valence electrons. The quantitative estimate of drug-likeness (QED) is 0.353. The summed E-state index contributed by atoms with van der Waals surface area (Å²) in [5.74, 6) is 0.786.